The van der Waals surface area contributed by atoms with Gasteiger partial charge in [-0.3, -0.25) is 9.59 Å². The second kappa shape index (κ2) is 12.7. The van der Waals surface area contributed by atoms with E-state index >= 15 is 0 Å². The van der Waals surface area contributed by atoms with Crippen molar-refractivity contribution in [3.63, 3.8) is 0 Å². The molecule has 1 atom stereocenters. The molecule has 0 bridgehead atoms. The summed E-state index contributed by atoms with van der Waals surface area (Å²) in [6.45, 7) is 3.46. The van der Waals surface area contributed by atoms with Crippen LogP contribution < -0.4 is 21.7 Å². The molecule has 0 spiro atoms. The number of carbonyl (C=O) groups excluding carboxylic acids is 3. The second-order valence-corrected chi connectivity index (χ2v) is 8.45. The van der Waals surface area contributed by atoms with Gasteiger partial charge in [0.2, 0.25) is 11.8 Å². The number of hydrogen-bond acceptors (Lipinski definition) is 5. The molecular weight excluding hydrogens is 476 g/mol. The molecule has 172 valence electrons. The predicted octanol–water partition coefficient (Wildman–Crippen LogP) is 4.67. The topological polar surface area (TPSA) is 123 Å². The molecule has 8 nitrogen and oxygen atoms in total. The fraction of sp³-hybridized carbons (Fsp3) is 0.348. The molecular formula is C23H29BrN4O4. The summed E-state index contributed by atoms with van der Waals surface area (Å²) in [7, 11) is 0. The monoisotopic (exact) mass is 504 g/mol. The van der Waals surface area contributed by atoms with Gasteiger partial charge in [0.15, 0.2) is 0 Å². The molecule has 9 heteroatoms. The Morgan fingerprint density at radius 1 is 1.03 bits per heavy atom. The molecule has 2 rings (SSSR count). The zero-order valence-electron chi connectivity index (χ0n) is 18.2. The molecule has 0 radical (unpaired) electrons. The molecule has 3 amide bonds. The lowest BCUT2D eigenvalue weighted by molar-refractivity contribution is -0.118. The van der Waals surface area contributed by atoms with E-state index in [0.29, 0.717) is 36.3 Å². The number of nitrogen functional groups attached to an aromatic ring is 1. The molecule has 32 heavy (non-hydrogen) atoms. The minimum atomic E-state index is -0.798. The van der Waals surface area contributed by atoms with Crippen LogP contribution in [-0.2, 0) is 14.3 Å². The largest absolute Gasteiger partial charge is 0.447 e. The third-order valence-electron chi connectivity index (χ3n) is 4.42. The minimum absolute atomic E-state index is 0.162. The molecule has 0 aliphatic carbocycles. The summed E-state index contributed by atoms with van der Waals surface area (Å²) in [5.41, 5.74) is 7.51. The number of anilines is 3. The van der Waals surface area contributed by atoms with Crippen molar-refractivity contribution >= 4 is 50.9 Å². The van der Waals surface area contributed by atoms with E-state index in [9.17, 15) is 14.4 Å². The summed E-state index contributed by atoms with van der Waals surface area (Å²) in [4.78, 5) is 37.0. The number of hydrogen-bond donors (Lipinski definition) is 4. The van der Waals surface area contributed by atoms with Crippen LogP contribution in [-0.4, -0.2) is 30.1 Å². The molecule has 0 saturated carbocycles. The smallest absolute Gasteiger partial charge is 0.408 e. The Bertz CT molecular complexity index is 936. The number of alkyl carbamates (subject to hydrolysis) is 1. The third-order valence-corrected chi connectivity index (χ3v) is 4.92. The summed E-state index contributed by atoms with van der Waals surface area (Å²) >= 11 is 3.36. The van der Waals surface area contributed by atoms with Gasteiger partial charge in [0, 0.05) is 16.6 Å². The van der Waals surface area contributed by atoms with Crippen molar-refractivity contribution in [1.29, 1.82) is 0 Å². The first-order chi connectivity index (χ1) is 15.2. The maximum atomic E-state index is 12.8. The fourth-order valence-electron chi connectivity index (χ4n) is 2.91. The number of ether oxygens (including phenoxy) is 1. The van der Waals surface area contributed by atoms with Crippen molar-refractivity contribution in [2.75, 3.05) is 16.4 Å². The highest BCUT2D eigenvalue weighted by molar-refractivity contribution is 9.10. The zero-order valence-corrected chi connectivity index (χ0v) is 19.8. The number of carbonyl (C=O) groups is 3. The lowest BCUT2D eigenvalue weighted by Crippen LogP contribution is -2.44. The van der Waals surface area contributed by atoms with Gasteiger partial charge in [-0.05, 0) is 57.0 Å². The van der Waals surface area contributed by atoms with E-state index < -0.39 is 12.1 Å². The standard InChI is InChI=1S/C23H29BrN4O4/c1-15(2)32-23(31)28-20(22(30)26-17-9-7-8-16(24)14-17)12-5-6-13-21(29)27-19-11-4-3-10-18(19)25/h3-4,7-11,14-15,20H,5-6,12-13,25H2,1-2H3,(H,26,30)(H,27,29)(H,28,31)/t20-/m0/s1. The Labute approximate surface area is 196 Å². The van der Waals surface area contributed by atoms with Gasteiger partial charge in [-0.1, -0.05) is 40.5 Å². The Hall–Kier alpha value is -3.07. The maximum Gasteiger partial charge on any atom is 0.408 e. The van der Waals surface area contributed by atoms with Gasteiger partial charge in [-0.25, -0.2) is 4.79 Å². The van der Waals surface area contributed by atoms with E-state index in [1.807, 2.05) is 6.07 Å². The average molecular weight is 505 g/mol. The summed E-state index contributed by atoms with van der Waals surface area (Å²) in [6, 6.07) is 13.4. The van der Waals surface area contributed by atoms with Crippen LogP contribution in [0.25, 0.3) is 0 Å². The SMILES string of the molecule is CC(C)OC(=O)N[C@@H](CCCCC(=O)Nc1ccccc1N)C(=O)Nc1cccc(Br)c1. The number of rotatable bonds is 10. The Kier molecular flexibility index (Phi) is 10.0. The van der Waals surface area contributed by atoms with Crippen LogP contribution in [0.2, 0.25) is 0 Å². The van der Waals surface area contributed by atoms with Crippen LogP contribution in [0.3, 0.4) is 0 Å². The van der Waals surface area contributed by atoms with Gasteiger partial charge in [0.05, 0.1) is 17.5 Å². The molecule has 0 heterocycles. The highest BCUT2D eigenvalue weighted by Crippen LogP contribution is 2.18. The van der Waals surface area contributed by atoms with E-state index in [4.69, 9.17) is 10.5 Å². The van der Waals surface area contributed by atoms with Crippen molar-refractivity contribution in [3.05, 3.63) is 53.0 Å². The molecule has 5 N–H and O–H groups in total. The number of unbranched alkanes of at least 4 members (excludes halogenated alkanes) is 1. The highest BCUT2D eigenvalue weighted by Gasteiger charge is 2.22. The zero-order chi connectivity index (χ0) is 23.5. The number of nitrogens with one attached hydrogen (secondary N) is 3. The maximum absolute atomic E-state index is 12.8. The molecule has 0 aromatic heterocycles. The lowest BCUT2D eigenvalue weighted by atomic mass is 10.1. The Morgan fingerprint density at radius 2 is 1.78 bits per heavy atom. The van der Waals surface area contributed by atoms with E-state index in [-0.39, 0.29) is 24.3 Å². The van der Waals surface area contributed by atoms with Crippen molar-refractivity contribution < 1.29 is 19.1 Å². The van der Waals surface area contributed by atoms with Gasteiger partial charge in [0.1, 0.15) is 6.04 Å². The van der Waals surface area contributed by atoms with Gasteiger partial charge >= 0.3 is 6.09 Å². The molecule has 2 aromatic rings. The molecule has 0 saturated heterocycles. The van der Waals surface area contributed by atoms with Gasteiger partial charge < -0.3 is 26.4 Å². The quantitative estimate of drug-likeness (QED) is 0.276. The first-order valence-corrected chi connectivity index (χ1v) is 11.2. The van der Waals surface area contributed by atoms with Crippen LogP contribution in [0.1, 0.15) is 39.5 Å². The van der Waals surface area contributed by atoms with Crippen LogP contribution in [0, 0.1) is 0 Å². The van der Waals surface area contributed by atoms with E-state index in [1.165, 1.54) is 0 Å². The van der Waals surface area contributed by atoms with E-state index in [0.717, 1.165) is 4.47 Å². The van der Waals surface area contributed by atoms with E-state index in [1.54, 1.807) is 56.3 Å². The van der Waals surface area contributed by atoms with Crippen LogP contribution in [0.5, 0.6) is 0 Å². The number of halogens is 1. The third kappa shape index (κ3) is 8.97. The van der Waals surface area contributed by atoms with Crippen LogP contribution in [0.15, 0.2) is 53.0 Å². The van der Waals surface area contributed by atoms with Crippen molar-refractivity contribution in [3.8, 4) is 0 Å². The highest BCUT2D eigenvalue weighted by atomic mass is 79.9. The lowest BCUT2D eigenvalue weighted by Gasteiger charge is -2.19. The predicted molar refractivity (Wildman–Crippen MR) is 129 cm³/mol. The first-order valence-electron chi connectivity index (χ1n) is 10.4. The van der Waals surface area contributed by atoms with Crippen molar-refractivity contribution in [2.24, 2.45) is 0 Å². The second-order valence-electron chi connectivity index (χ2n) is 7.53. The van der Waals surface area contributed by atoms with Gasteiger partial charge in [-0.2, -0.15) is 0 Å². The Balaban J connectivity index is 1.89. The Morgan fingerprint density at radius 3 is 2.47 bits per heavy atom. The van der Waals surface area contributed by atoms with Crippen molar-refractivity contribution in [1.82, 2.24) is 5.32 Å². The van der Waals surface area contributed by atoms with Crippen molar-refractivity contribution in [2.45, 2.75) is 51.7 Å². The molecule has 0 unspecified atom stereocenters. The van der Waals surface area contributed by atoms with Gasteiger partial charge in [0.25, 0.3) is 0 Å². The normalized spacial score (nSPS) is 11.5. The van der Waals surface area contributed by atoms with Crippen LogP contribution in [0.4, 0.5) is 21.9 Å². The average Bonchev–Trinajstić information content (AvgIpc) is 2.71. The minimum Gasteiger partial charge on any atom is -0.447 e. The molecule has 0 aliphatic heterocycles. The summed E-state index contributed by atoms with van der Waals surface area (Å²) < 4.78 is 5.93. The molecule has 0 fully saturated rings. The molecule has 2 aromatic carbocycles. The van der Waals surface area contributed by atoms with Gasteiger partial charge in [-0.15, -0.1) is 0 Å². The fourth-order valence-corrected chi connectivity index (χ4v) is 3.31. The number of nitrogens with two attached hydrogens (primary N) is 1. The summed E-state index contributed by atoms with van der Waals surface area (Å²) in [6.07, 6.45) is 0.749. The number of amides is 3. The molecule has 0 aliphatic rings. The summed E-state index contributed by atoms with van der Waals surface area (Å²) in [5, 5.41) is 8.19. The van der Waals surface area contributed by atoms with E-state index in [2.05, 4.69) is 31.9 Å². The summed E-state index contributed by atoms with van der Waals surface area (Å²) in [5.74, 6) is -0.518. The van der Waals surface area contributed by atoms with Crippen LogP contribution >= 0.6 is 15.9 Å². The first kappa shape index (κ1) is 25.2. The number of benzene rings is 2. The number of para-hydroxylation sites is 2.